The van der Waals surface area contributed by atoms with Crippen LogP contribution in [-0.2, 0) is 19.6 Å². The monoisotopic (exact) mass is 434 g/mol. The minimum absolute atomic E-state index is 0.0369. The first-order chi connectivity index (χ1) is 14.4. The number of rotatable bonds is 8. The average Bonchev–Trinajstić information content (AvgIpc) is 2.75. The molecule has 1 amide bonds. The van der Waals surface area contributed by atoms with Crippen LogP contribution in [0.2, 0.25) is 0 Å². The number of hydrogen-bond acceptors (Lipinski definition) is 5. The molecule has 1 fully saturated rings. The van der Waals surface area contributed by atoms with Crippen LogP contribution in [0.15, 0.2) is 60.0 Å². The van der Waals surface area contributed by atoms with Crippen LogP contribution in [0.5, 0.6) is 11.5 Å². The van der Waals surface area contributed by atoms with E-state index in [0.29, 0.717) is 25.4 Å². The number of amides is 1. The summed E-state index contributed by atoms with van der Waals surface area (Å²) in [4.78, 5) is 12.3. The number of benzene rings is 2. The van der Waals surface area contributed by atoms with Crippen LogP contribution in [0.1, 0.15) is 12.8 Å². The van der Waals surface area contributed by atoms with Crippen molar-refractivity contribution in [1.82, 2.24) is 4.31 Å². The number of sulfonamides is 1. The zero-order chi connectivity index (χ0) is 21.6. The third-order valence-corrected chi connectivity index (χ3v) is 6.34. The Bertz CT molecular complexity index is 1000. The summed E-state index contributed by atoms with van der Waals surface area (Å²) in [6.07, 6.45) is 2.29. The van der Waals surface area contributed by atoms with Gasteiger partial charge in [-0.2, -0.15) is 4.31 Å². The van der Waals surface area contributed by atoms with Gasteiger partial charge in [0.2, 0.25) is 15.9 Å². The van der Waals surface area contributed by atoms with Crippen molar-refractivity contribution < 1.29 is 27.1 Å². The van der Waals surface area contributed by atoms with Gasteiger partial charge in [0.25, 0.3) is 0 Å². The van der Waals surface area contributed by atoms with Crippen molar-refractivity contribution in [2.24, 2.45) is 0 Å². The first-order valence-corrected chi connectivity index (χ1v) is 10.9. The molecule has 1 heterocycles. The summed E-state index contributed by atoms with van der Waals surface area (Å²) < 4.78 is 51.4. The highest BCUT2D eigenvalue weighted by molar-refractivity contribution is 7.89. The molecule has 0 saturated carbocycles. The number of morpholine rings is 1. The first kappa shape index (κ1) is 21.9. The van der Waals surface area contributed by atoms with E-state index < -0.39 is 15.8 Å². The summed E-state index contributed by atoms with van der Waals surface area (Å²) >= 11 is 0. The molecule has 3 rings (SSSR count). The van der Waals surface area contributed by atoms with E-state index in [1.807, 2.05) is 0 Å². The molecule has 1 N–H and O–H groups in total. The molecule has 1 aliphatic rings. The second kappa shape index (κ2) is 9.84. The number of nitrogens with zero attached hydrogens (tertiary/aromatic N) is 1. The number of halogens is 1. The maximum Gasteiger partial charge on any atom is 0.243 e. The van der Waals surface area contributed by atoms with Crippen molar-refractivity contribution in [3.63, 3.8) is 0 Å². The molecule has 1 aliphatic heterocycles. The highest BCUT2D eigenvalue weighted by atomic mass is 32.2. The van der Waals surface area contributed by atoms with Gasteiger partial charge in [-0.05, 0) is 48.9 Å². The largest absolute Gasteiger partial charge is 0.455 e. The Kier molecular flexibility index (Phi) is 7.20. The van der Waals surface area contributed by atoms with E-state index in [1.54, 1.807) is 6.08 Å². The fourth-order valence-electron chi connectivity index (χ4n) is 2.87. The Morgan fingerprint density at radius 2 is 1.90 bits per heavy atom. The van der Waals surface area contributed by atoms with E-state index in [9.17, 15) is 17.6 Å². The molecule has 9 heteroatoms. The van der Waals surface area contributed by atoms with Gasteiger partial charge in [0.05, 0.1) is 23.8 Å². The van der Waals surface area contributed by atoms with E-state index in [2.05, 4.69) is 11.9 Å². The number of nitrogens with one attached hydrogen (secondary N) is 1. The summed E-state index contributed by atoms with van der Waals surface area (Å²) in [6, 6.07) is 9.64. The second-order valence-corrected chi connectivity index (χ2v) is 8.54. The molecule has 2 aromatic carbocycles. The molecule has 0 atom stereocenters. The molecule has 30 heavy (non-hydrogen) atoms. The predicted octanol–water partition coefficient (Wildman–Crippen LogP) is 3.54. The molecule has 0 aromatic heterocycles. The SMILES string of the molecule is C=CCCC(=O)Nc1cc(S(=O)(=O)N2CCOCC2)ccc1Oc1ccc(F)cc1. The number of carbonyl (C=O) groups is 1. The van der Waals surface area contributed by atoms with Crippen molar-refractivity contribution >= 4 is 21.6 Å². The van der Waals surface area contributed by atoms with Crippen molar-refractivity contribution in [3.8, 4) is 11.5 Å². The van der Waals surface area contributed by atoms with Gasteiger partial charge in [0.15, 0.2) is 5.75 Å². The van der Waals surface area contributed by atoms with Gasteiger partial charge in [0, 0.05) is 19.5 Å². The van der Waals surface area contributed by atoms with E-state index in [4.69, 9.17) is 9.47 Å². The quantitative estimate of drug-likeness (QED) is 0.643. The Hall–Kier alpha value is -2.75. The van der Waals surface area contributed by atoms with E-state index >= 15 is 0 Å². The molecule has 0 spiro atoms. The van der Waals surface area contributed by atoms with Crippen molar-refractivity contribution in [2.45, 2.75) is 17.7 Å². The highest BCUT2D eigenvalue weighted by Crippen LogP contribution is 2.33. The van der Waals surface area contributed by atoms with Gasteiger partial charge < -0.3 is 14.8 Å². The second-order valence-electron chi connectivity index (χ2n) is 6.61. The standard InChI is InChI=1S/C21H23FN2O5S/c1-2-3-4-21(25)23-19-15-18(30(26,27)24-11-13-28-14-12-24)9-10-20(19)29-17-7-5-16(22)6-8-17/h2,5-10,15H,1,3-4,11-14H2,(H,23,25). The third-order valence-electron chi connectivity index (χ3n) is 4.45. The molecule has 7 nitrogen and oxygen atoms in total. The molecule has 1 saturated heterocycles. The fourth-order valence-corrected chi connectivity index (χ4v) is 4.30. The Balaban J connectivity index is 1.92. The predicted molar refractivity (Wildman–Crippen MR) is 111 cm³/mol. The number of carbonyl (C=O) groups excluding carboxylic acids is 1. The van der Waals surface area contributed by atoms with E-state index in [1.165, 1.54) is 46.8 Å². The third kappa shape index (κ3) is 5.44. The molecule has 0 aliphatic carbocycles. The van der Waals surface area contributed by atoms with Gasteiger partial charge in [-0.15, -0.1) is 6.58 Å². The van der Waals surface area contributed by atoms with Crippen LogP contribution < -0.4 is 10.1 Å². The lowest BCUT2D eigenvalue weighted by Gasteiger charge is -2.26. The van der Waals surface area contributed by atoms with Gasteiger partial charge >= 0.3 is 0 Å². The van der Waals surface area contributed by atoms with Crippen molar-refractivity contribution in [3.05, 3.63) is 60.9 Å². The lowest BCUT2D eigenvalue weighted by molar-refractivity contribution is -0.116. The topological polar surface area (TPSA) is 84.9 Å². The normalized spacial score (nSPS) is 14.8. The molecular formula is C21H23FN2O5S. The van der Waals surface area contributed by atoms with E-state index in [0.717, 1.165) is 0 Å². The van der Waals surface area contributed by atoms with Gasteiger partial charge in [-0.25, -0.2) is 12.8 Å². The maximum absolute atomic E-state index is 13.2. The van der Waals surface area contributed by atoms with Crippen LogP contribution in [-0.4, -0.2) is 44.9 Å². The lowest BCUT2D eigenvalue weighted by atomic mass is 10.2. The van der Waals surface area contributed by atoms with E-state index in [-0.39, 0.29) is 41.7 Å². The number of allylic oxidation sites excluding steroid dienone is 1. The fraction of sp³-hybridized carbons (Fsp3) is 0.286. The molecule has 0 bridgehead atoms. The summed E-state index contributed by atoms with van der Waals surface area (Å²) in [5.74, 6) is -0.122. The number of hydrogen-bond donors (Lipinski definition) is 1. The minimum Gasteiger partial charge on any atom is -0.455 e. The summed E-state index contributed by atoms with van der Waals surface area (Å²) in [5, 5.41) is 2.70. The van der Waals surface area contributed by atoms with Gasteiger partial charge in [-0.3, -0.25) is 4.79 Å². The summed E-state index contributed by atoms with van der Waals surface area (Å²) in [7, 11) is -3.75. The van der Waals surface area contributed by atoms with Crippen LogP contribution in [0.4, 0.5) is 10.1 Å². The van der Waals surface area contributed by atoms with Gasteiger partial charge in [0.1, 0.15) is 11.6 Å². The maximum atomic E-state index is 13.2. The summed E-state index contributed by atoms with van der Waals surface area (Å²) in [5.41, 5.74) is 0.211. The number of ether oxygens (including phenoxy) is 2. The molecule has 2 aromatic rings. The molecular weight excluding hydrogens is 411 g/mol. The minimum atomic E-state index is -3.75. The highest BCUT2D eigenvalue weighted by Gasteiger charge is 2.27. The van der Waals surface area contributed by atoms with Crippen molar-refractivity contribution in [2.75, 3.05) is 31.6 Å². The average molecular weight is 434 g/mol. The molecule has 160 valence electrons. The molecule has 0 unspecified atom stereocenters. The van der Waals surface area contributed by atoms with Crippen LogP contribution in [0, 0.1) is 5.82 Å². The van der Waals surface area contributed by atoms with Crippen LogP contribution in [0.25, 0.3) is 0 Å². The van der Waals surface area contributed by atoms with Crippen LogP contribution in [0.3, 0.4) is 0 Å². The Labute approximate surface area is 175 Å². The Morgan fingerprint density at radius 1 is 1.20 bits per heavy atom. The lowest BCUT2D eigenvalue weighted by Crippen LogP contribution is -2.40. The summed E-state index contributed by atoms with van der Waals surface area (Å²) in [6.45, 7) is 4.77. The van der Waals surface area contributed by atoms with Gasteiger partial charge in [-0.1, -0.05) is 6.08 Å². The number of anilines is 1. The molecule has 0 radical (unpaired) electrons. The smallest absolute Gasteiger partial charge is 0.243 e. The zero-order valence-corrected chi connectivity index (χ0v) is 17.2. The zero-order valence-electron chi connectivity index (χ0n) is 16.3. The van der Waals surface area contributed by atoms with Crippen LogP contribution >= 0.6 is 0 Å². The first-order valence-electron chi connectivity index (χ1n) is 9.46. The van der Waals surface area contributed by atoms with Crippen molar-refractivity contribution in [1.29, 1.82) is 0 Å². The Morgan fingerprint density at radius 3 is 2.57 bits per heavy atom.